The Kier molecular flexibility index (Phi) is 4.53. The van der Waals surface area contributed by atoms with E-state index in [1.807, 2.05) is 0 Å². The molecular formula is C12H14BrN3O. The first-order chi connectivity index (χ1) is 7.95. The lowest BCUT2D eigenvalue weighted by molar-refractivity contribution is -0.129. The van der Waals surface area contributed by atoms with Gasteiger partial charge < -0.3 is 10.2 Å². The predicted molar refractivity (Wildman–Crippen MR) is 70.6 cm³/mol. The van der Waals surface area contributed by atoms with Crippen molar-refractivity contribution in [3.8, 4) is 6.07 Å². The Balaban J connectivity index is 2.83. The molecule has 0 aliphatic heterocycles. The van der Waals surface area contributed by atoms with E-state index in [0.29, 0.717) is 5.56 Å². The van der Waals surface area contributed by atoms with Crippen LogP contribution in [0.5, 0.6) is 0 Å². The molecule has 1 aromatic carbocycles. The van der Waals surface area contributed by atoms with E-state index >= 15 is 0 Å². The molecule has 0 fully saturated rings. The van der Waals surface area contributed by atoms with Crippen LogP contribution in [0.25, 0.3) is 0 Å². The monoisotopic (exact) mass is 295 g/mol. The van der Waals surface area contributed by atoms with Crippen molar-refractivity contribution in [2.45, 2.75) is 13.0 Å². The summed E-state index contributed by atoms with van der Waals surface area (Å²) in [6.45, 7) is 1.80. The largest absolute Gasteiger partial charge is 0.373 e. The number of carbonyl (C=O) groups is 1. The van der Waals surface area contributed by atoms with E-state index in [-0.39, 0.29) is 11.9 Å². The van der Waals surface area contributed by atoms with Crippen molar-refractivity contribution in [3.05, 3.63) is 28.2 Å². The quantitative estimate of drug-likeness (QED) is 0.930. The molecule has 90 valence electrons. The first-order valence-electron chi connectivity index (χ1n) is 5.13. The number of likely N-dealkylation sites (N-methyl/N-ethyl adjacent to an activating group) is 1. The van der Waals surface area contributed by atoms with E-state index in [4.69, 9.17) is 5.26 Å². The molecule has 17 heavy (non-hydrogen) atoms. The Morgan fingerprint density at radius 2 is 2.18 bits per heavy atom. The molecule has 0 bridgehead atoms. The second kappa shape index (κ2) is 5.69. The molecule has 0 saturated carbocycles. The van der Waals surface area contributed by atoms with Crippen LogP contribution in [0.2, 0.25) is 0 Å². The third-order valence-corrected chi connectivity index (χ3v) is 2.94. The van der Waals surface area contributed by atoms with Crippen LogP contribution in [-0.2, 0) is 4.79 Å². The maximum absolute atomic E-state index is 11.7. The van der Waals surface area contributed by atoms with Crippen LogP contribution in [0.3, 0.4) is 0 Å². The van der Waals surface area contributed by atoms with Gasteiger partial charge in [-0.1, -0.05) is 0 Å². The van der Waals surface area contributed by atoms with Crippen LogP contribution in [-0.4, -0.2) is 30.9 Å². The Bertz CT molecular complexity index is 465. The summed E-state index contributed by atoms with van der Waals surface area (Å²) in [4.78, 5) is 13.2. The van der Waals surface area contributed by atoms with Gasteiger partial charge in [-0.15, -0.1) is 0 Å². The summed E-state index contributed by atoms with van der Waals surface area (Å²) in [7, 11) is 3.43. The first kappa shape index (κ1) is 13.5. The van der Waals surface area contributed by atoms with Gasteiger partial charge >= 0.3 is 0 Å². The topological polar surface area (TPSA) is 56.1 Å². The van der Waals surface area contributed by atoms with Crippen molar-refractivity contribution in [3.63, 3.8) is 0 Å². The van der Waals surface area contributed by atoms with Gasteiger partial charge in [-0.05, 0) is 41.1 Å². The summed E-state index contributed by atoms with van der Waals surface area (Å²) < 4.78 is 0.773. The minimum Gasteiger partial charge on any atom is -0.373 e. The zero-order valence-electron chi connectivity index (χ0n) is 9.99. The molecule has 1 amide bonds. The third-order valence-electron chi connectivity index (χ3n) is 2.28. The van der Waals surface area contributed by atoms with Gasteiger partial charge in [-0.25, -0.2) is 0 Å². The number of rotatable bonds is 3. The van der Waals surface area contributed by atoms with Gasteiger partial charge in [-0.2, -0.15) is 5.26 Å². The molecule has 1 rings (SSSR count). The highest BCUT2D eigenvalue weighted by Crippen LogP contribution is 2.24. The van der Waals surface area contributed by atoms with E-state index < -0.39 is 0 Å². The molecule has 0 aromatic heterocycles. The molecule has 0 heterocycles. The number of hydrogen-bond donors (Lipinski definition) is 1. The van der Waals surface area contributed by atoms with E-state index in [2.05, 4.69) is 27.3 Å². The lowest BCUT2D eigenvalue weighted by Gasteiger charge is -2.19. The molecule has 1 atom stereocenters. The lowest BCUT2D eigenvalue weighted by atomic mass is 10.2. The number of hydrogen-bond acceptors (Lipinski definition) is 3. The van der Waals surface area contributed by atoms with Gasteiger partial charge in [0, 0.05) is 24.3 Å². The van der Waals surface area contributed by atoms with Gasteiger partial charge in [0.25, 0.3) is 0 Å². The second-order valence-corrected chi connectivity index (χ2v) is 4.76. The Labute approximate surface area is 109 Å². The van der Waals surface area contributed by atoms with Gasteiger partial charge in [0.1, 0.15) is 6.04 Å². The van der Waals surface area contributed by atoms with Crippen molar-refractivity contribution in [2.75, 3.05) is 19.4 Å². The van der Waals surface area contributed by atoms with E-state index in [1.54, 1.807) is 39.2 Å². The lowest BCUT2D eigenvalue weighted by Crippen LogP contribution is -2.36. The van der Waals surface area contributed by atoms with Gasteiger partial charge in [0.15, 0.2) is 0 Å². The Hall–Kier alpha value is -1.54. The molecule has 1 aromatic rings. The minimum absolute atomic E-state index is 0.00117. The Morgan fingerprint density at radius 3 is 2.65 bits per heavy atom. The van der Waals surface area contributed by atoms with Crippen molar-refractivity contribution in [1.29, 1.82) is 5.26 Å². The fourth-order valence-electron chi connectivity index (χ4n) is 1.38. The van der Waals surface area contributed by atoms with E-state index in [0.717, 1.165) is 10.2 Å². The summed E-state index contributed by atoms with van der Waals surface area (Å²) in [5.74, 6) is 0.00117. The molecule has 0 saturated heterocycles. The number of carbonyl (C=O) groups excluding carboxylic acids is 1. The van der Waals surface area contributed by atoms with Gasteiger partial charge in [0.2, 0.25) is 5.91 Å². The molecule has 1 N–H and O–H groups in total. The number of nitrogens with zero attached hydrogens (tertiary/aromatic N) is 2. The van der Waals surface area contributed by atoms with Crippen LogP contribution < -0.4 is 5.32 Å². The van der Waals surface area contributed by atoms with Gasteiger partial charge in [0.05, 0.1) is 11.6 Å². The standard InChI is InChI=1S/C12H14BrN3O/c1-8(12(17)16(2)3)15-11-5-4-9(7-14)6-10(11)13/h4-6,8,15H,1-3H3. The fourth-order valence-corrected chi connectivity index (χ4v) is 1.88. The molecule has 0 spiro atoms. The SMILES string of the molecule is CC(Nc1ccc(C#N)cc1Br)C(=O)N(C)C. The molecule has 0 aliphatic rings. The first-order valence-corrected chi connectivity index (χ1v) is 5.92. The Morgan fingerprint density at radius 1 is 1.53 bits per heavy atom. The van der Waals surface area contributed by atoms with Crippen LogP contribution in [0, 0.1) is 11.3 Å². The summed E-state index contributed by atoms with van der Waals surface area (Å²) in [5, 5.41) is 11.8. The molecule has 0 radical (unpaired) electrons. The minimum atomic E-state index is -0.311. The zero-order valence-corrected chi connectivity index (χ0v) is 11.6. The number of nitriles is 1. The van der Waals surface area contributed by atoms with Crippen molar-refractivity contribution >= 4 is 27.5 Å². The van der Waals surface area contributed by atoms with Gasteiger partial charge in [-0.3, -0.25) is 4.79 Å². The maximum atomic E-state index is 11.7. The molecular weight excluding hydrogens is 282 g/mol. The smallest absolute Gasteiger partial charge is 0.244 e. The highest BCUT2D eigenvalue weighted by Gasteiger charge is 2.15. The van der Waals surface area contributed by atoms with E-state index in [1.165, 1.54) is 4.90 Å². The fraction of sp³-hybridized carbons (Fsp3) is 0.333. The number of amides is 1. The highest BCUT2D eigenvalue weighted by atomic mass is 79.9. The third kappa shape index (κ3) is 3.46. The number of benzene rings is 1. The average molecular weight is 296 g/mol. The van der Waals surface area contributed by atoms with Crippen LogP contribution >= 0.6 is 15.9 Å². The van der Waals surface area contributed by atoms with Crippen LogP contribution in [0.4, 0.5) is 5.69 Å². The summed E-state index contributed by atoms with van der Waals surface area (Å²) in [6.07, 6.45) is 0. The average Bonchev–Trinajstić information content (AvgIpc) is 2.30. The second-order valence-electron chi connectivity index (χ2n) is 3.91. The molecule has 0 aliphatic carbocycles. The molecule has 1 unspecified atom stereocenters. The van der Waals surface area contributed by atoms with Crippen LogP contribution in [0.15, 0.2) is 22.7 Å². The summed E-state index contributed by atoms with van der Waals surface area (Å²) in [5.41, 5.74) is 1.38. The highest BCUT2D eigenvalue weighted by molar-refractivity contribution is 9.10. The normalized spacial score (nSPS) is 11.5. The molecule has 5 heteroatoms. The van der Waals surface area contributed by atoms with Crippen molar-refractivity contribution in [2.24, 2.45) is 0 Å². The van der Waals surface area contributed by atoms with Crippen molar-refractivity contribution < 1.29 is 4.79 Å². The number of nitrogens with one attached hydrogen (secondary N) is 1. The molecule has 4 nitrogen and oxygen atoms in total. The zero-order chi connectivity index (χ0) is 13.0. The van der Waals surface area contributed by atoms with E-state index in [9.17, 15) is 4.79 Å². The number of halogens is 1. The summed E-state index contributed by atoms with van der Waals surface area (Å²) >= 11 is 3.36. The summed E-state index contributed by atoms with van der Waals surface area (Å²) in [6, 6.07) is 6.95. The maximum Gasteiger partial charge on any atom is 0.244 e. The van der Waals surface area contributed by atoms with Crippen LogP contribution in [0.1, 0.15) is 12.5 Å². The van der Waals surface area contributed by atoms with Crippen molar-refractivity contribution in [1.82, 2.24) is 4.90 Å². The predicted octanol–water partition coefficient (Wildman–Crippen LogP) is 2.21. The number of anilines is 1.